The maximum absolute atomic E-state index is 12.6. The van der Waals surface area contributed by atoms with E-state index in [9.17, 15) is 9.59 Å². The molecule has 202 valence electrons. The molecule has 0 saturated carbocycles. The number of ether oxygens (including phenoxy) is 3. The molecule has 0 atom stereocenters. The standard InChI is InChI=1S/C27H32ClN5O5/c1-36-24-17-20(6-8-23(24)38-18-19-4-2-5-21(28)16-19)26-30-27(35)22(31-32-26)7-9-25(34)29-10-3-11-33-12-14-37-15-13-33/h2,4-6,8,16-17H,3,7,9-15,18H2,1H3,(H,29,34)(H,30,32,35). The fourth-order valence-electron chi connectivity index (χ4n) is 4.05. The summed E-state index contributed by atoms with van der Waals surface area (Å²) in [5, 5.41) is 11.8. The van der Waals surface area contributed by atoms with Crippen molar-refractivity contribution in [2.24, 2.45) is 0 Å². The first kappa shape index (κ1) is 27.6. The smallest absolute Gasteiger partial charge is 0.273 e. The molecule has 4 rings (SSSR count). The molecule has 0 aliphatic carbocycles. The van der Waals surface area contributed by atoms with Crippen molar-refractivity contribution < 1.29 is 19.0 Å². The number of aromatic nitrogens is 3. The highest BCUT2D eigenvalue weighted by Gasteiger charge is 2.13. The highest BCUT2D eigenvalue weighted by Crippen LogP contribution is 2.31. The molecule has 0 bridgehead atoms. The van der Waals surface area contributed by atoms with Gasteiger partial charge in [0.05, 0.1) is 20.3 Å². The van der Waals surface area contributed by atoms with Gasteiger partial charge in [0.1, 0.15) is 12.3 Å². The minimum atomic E-state index is -0.379. The Morgan fingerprint density at radius 2 is 2.00 bits per heavy atom. The van der Waals surface area contributed by atoms with Crippen LogP contribution >= 0.6 is 11.6 Å². The van der Waals surface area contributed by atoms with Gasteiger partial charge in [0.15, 0.2) is 17.3 Å². The van der Waals surface area contributed by atoms with Crippen molar-refractivity contribution >= 4 is 17.5 Å². The van der Waals surface area contributed by atoms with Gasteiger partial charge in [-0.1, -0.05) is 23.7 Å². The number of amides is 1. The van der Waals surface area contributed by atoms with E-state index >= 15 is 0 Å². The van der Waals surface area contributed by atoms with Gasteiger partial charge in [0.2, 0.25) is 5.91 Å². The number of aromatic amines is 1. The molecule has 0 spiro atoms. The molecule has 2 aromatic carbocycles. The number of H-pyrrole nitrogens is 1. The molecule has 3 aromatic rings. The van der Waals surface area contributed by atoms with Crippen molar-refractivity contribution in [2.45, 2.75) is 25.9 Å². The lowest BCUT2D eigenvalue weighted by atomic mass is 10.2. The predicted molar refractivity (Wildman–Crippen MR) is 144 cm³/mol. The molecule has 38 heavy (non-hydrogen) atoms. The lowest BCUT2D eigenvalue weighted by Gasteiger charge is -2.26. The molecule has 0 unspecified atom stereocenters. The topological polar surface area (TPSA) is 119 Å². The molecule has 11 heteroatoms. The van der Waals surface area contributed by atoms with Crippen LogP contribution in [-0.4, -0.2) is 72.5 Å². The molecule has 2 N–H and O–H groups in total. The second-order valence-electron chi connectivity index (χ2n) is 8.89. The van der Waals surface area contributed by atoms with Gasteiger partial charge in [-0.3, -0.25) is 14.5 Å². The lowest BCUT2D eigenvalue weighted by molar-refractivity contribution is -0.121. The van der Waals surface area contributed by atoms with Gasteiger partial charge in [-0.05, 0) is 48.9 Å². The van der Waals surface area contributed by atoms with Gasteiger partial charge in [0, 0.05) is 43.1 Å². The zero-order chi connectivity index (χ0) is 26.7. The Labute approximate surface area is 226 Å². The van der Waals surface area contributed by atoms with Crippen molar-refractivity contribution in [1.82, 2.24) is 25.4 Å². The van der Waals surface area contributed by atoms with Crippen LogP contribution in [0, 0.1) is 0 Å². The van der Waals surface area contributed by atoms with E-state index in [1.54, 1.807) is 24.3 Å². The van der Waals surface area contributed by atoms with Crippen LogP contribution < -0.4 is 20.3 Å². The van der Waals surface area contributed by atoms with Crippen LogP contribution in [0.15, 0.2) is 47.3 Å². The van der Waals surface area contributed by atoms with E-state index in [4.69, 9.17) is 25.8 Å². The van der Waals surface area contributed by atoms with E-state index in [1.807, 2.05) is 18.2 Å². The van der Waals surface area contributed by atoms with E-state index in [0.717, 1.165) is 44.8 Å². The Kier molecular flexibility index (Phi) is 10.1. The van der Waals surface area contributed by atoms with E-state index in [0.29, 0.717) is 41.1 Å². The third-order valence-corrected chi connectivity index (χ3v) is 6.39. The average Bonchev–Trinajstić information content (AvgIpc) is 2.94. The number of rotatable bonds is 12. The second kappa shape index (κ2) is 13.9. The van der Waals surface area contributed by atoms with Gasteiger partial charge in [-0.15, -0.1) is 10.2 Å². The molecule has 1 amide bonds. The first-order chi connectivity index (χ1) is 18.5. The summed E-state index contributed by atoms with van der Waals surface area (Å²) in [5.41, 5.74) is 1.38. The van der Waals surface area contributed by atoms with Crippen LogP contribution in [0.1, 0.15) is 24.1 Å². The maximum atomic E-state index is 12.6. The first-order valence-corrected chi connectivity index (χ1v) is 13.0. The number of morpholine rings is 1. The zero-order valence-electron chi connectivity index (χ0n) is 21.4. The van der Waals surface area contributed by atoms with Gasteiger partial charge in [-0.25, -0.2) is 0 Å². The first-order valence-electron chi connectivity index (χ1n) is 12.6. The molecule has 0 radical (unpaired) electrons. The molecule has 1 aliphatic rings. The number of hydrogen-bond donors (Lipinski definition) is 2. The Bertz CT molecular complexity index is 1280. The monoisotopic (exact) mass is 541 g/mol. The maximum Gasteiger partial charge on any atom is 0.273 e. The van der Waals surface area contributed by atoms with Crippen LogP contribution in [0.3, 0.4) is 0 Å². The number of aryl methyl sites for hydroxylation is 1. The predicted octanol–water partition coefficient (Wildman–Crippen LogP) is 2.84. The summed E-state index contributed by atoms with van der Waals surface area (Å²) in [5.74, 6) is 1.21. The quantitative estimate of drug-likeness (QED) is 0.336. The molecule has 1 fully saturated rings. The summed E-state index contributed by atoms with van der Waals surface area (Å²) in [4.78, 5) is 29.9. The Balaban J connectivity index is 1.28. The average molecular weight is 542 g/mol. The summed E-state index contributed by atoms with van der Waals surface area (Å²) >= 11 is 6.04. The highest BCUT2D eigenvalue weighted by molar-refractivity contribution is 6.30. The van der Waals surface area contributed by atoms with Crippen LogP contribution in [-0.2, 0) is 22.6 Å². The number of hydrogen-bond acceptors (Lipinski definition) is 8. The number of halogens is 1. The summed E-state index contributed by atoms with van der Waals surface area (Å²) in [7, 11) is 1.54. The van der Waals surface area contributed by atoms with E-state index in [2.05, 4.69) is 25.4 Å². The van der Waals surface area contributed by atoms with Gasteiger partial charge in [-0.2, -0.15) is 0 Å². The van der Waals surface area contributed by atoms with Crippen LogP contribution in [0.4, 0.5) is 0 Å². The molecule has 2 heterocycles. The molecule has 10 nitrogen and oxygen atoms in total. The Hall–Kier alpha value is -3.47. The van der Waals surface area contributed by atoms with Crippen LogP contribution in [0.5, 0.6) is 11.5 Å². The van der Waals surface area contributed by atoms with Crippen LogP contribution in [0.2, 0.25) is 5.02 Å². The van der Waals surface area contributed by atoms with Gasteiger partial charge < -0.3 is 24.5 Å². The summed E-state index contributed by atoms with van der Waals surface area (Å²) in [6, 6.07) is 12.6. The largest absolute Gasteiger partial charge is 0.493 e. The van der Waals surface area contributed by atoms with Crippen molar-refractivity contribution in [3.63, 3.8) is 0 Å². The molecule has 1 saturated heterocycles. The Morgan fingerprint density at radius 3 is 2.76 bits per heavy atom. The summed E-state index contributed by atoms with van der Waals surface area (Å²) in [6.07, 6.45) is 1.24. The molecule has 1 aromatic heterocycles. The molecular formula is C27H32ClN5O5. The number of nitrogens with zero attached hydrogens (tertiary/aromatic N) is 3. The van der Waals surface area contributed by atoms with E-state index in [1.165, 1.54) is 7.11 Å². The van der Waals surface area contributed by atoms with Gasteiger partial charge in [0.25, 0.3) is 5.56 Å². The number of benzene rings is 2. The Morgan fingerprint density at radius 1 is 1.16 bits per heavy atom. The van der Waals surface area contributed by atoms with Gasteiger partial charge >= 0.3 is 0 Å². The fourth-order valence-corrected chi connectivity index (χ4v) is 4.26. The van der Waals surface area contributed by atoms with Crippen molar-refractivity contribution in [2.75, 3.05) is 46.5 Å². The SMILES string of the molecule is COc1cc(-c2nnc(CCC(=O)NCCCN3CCOCC3)c(=O)[nH]2)ccc1OCc1cccc(Cl)c1. The lowest BCUT2D eigenvalue weighted by Crippen LogP contribution is -2.38. The third kappa shape index (κ3) is 8.01. The van der Waals surface area contributed by atoms with Crippen LogP contribution in [0.25, 0.3) is 11.4 Å². The summed E-state index contributed by atoms with van der Waals surface area (Å²) in [6.45, 7) is 5.23. The normalized spacial score (nSPS) is 13.7. The minimum absolute atomic E-state index is 0.115. The molecular weight excluding hydrogens is 510 g/mol. The number of carbonyl (C=O) groups excluding carboxylic acids is 1. The number of nitrogens with one attached hydrogen (secondary N) is 2. The van der Waals surface area contributed by atoms with E-state index < -0.39 is 0 Å². The highest BCUT2D eigenvalue weighted by atomic mass is 35.5. The van der Waals surface area contributed by atoms with E-state index in [-0.39, 0.29) is 30.0 Å². The fraction of sp³-hybridized carbons (Fsp3) is 0.407. The van der Waals surface area contributed by atoms with Crippen molar-refractivity contribution in [3.8, 4) is 22.9 Å². The summed E-state index contributed by atoms with van der Waals surface area (Å²) < 4.78 is 16.7. The number of carbonyl (C=O) groups is 1. The third-order valence-electron chi connectivity index (χ3n) is 6.15. The van der Waals surface area contributed by atoms with Crippen molar-refractivity contribution in [1.29, 1.82) is 0 Å². The second-order valence-corrected chi connectivity index (χ2v) is 9.33. The number of methoxy groups -OCH3 is 1. The van der Waals surface area contributed by atoms with Crippen molar-refractivity contribution in [3.05, 3.63) is 69.1 Å². The zero-order valence-corrected chi connectivity index (χ0v) is 22.1. The minimum Gasteiger partial charge on any atom is -0.493 e. The molecule has 1 aliphatic heterocycles.